The maximum atomic E-state index is 11.9. The second-order valence-corrected chi connectivity index (χ2v) is 19.2. The van der Waals surface area contributed by atoms with Gasteiger partial charge in [-0.25, -0.2) is 0 Å². The zero-order valence-corrected chi connectivity index (χ0v) is 22.4. The molecule has 0 saturated carbocycles. The standard InChI is InChI=1S/2C7H8O3S.2C5H5.Zr/c2*1-11(9,10)7-4-2-6(8)3-5-7;2*1-2-4-5-3-1;/h2*2-5,8H,1H3;2*1-3H,4H2;/q;;;;+2/p-2. The summed E-state index contributed by atoms with van der Waals surface area (Å²) in [5, 5.41) is 0. The Morgan fingerprint density at radius 1 is 0.636 bits per heavy atom. The summed E-state index contributed by atoms with van der Waals surface area (Å²) in [5.74, 6) is 1.07. The van der Waals surface area contributed by atoms with Crippen LogP contribution in [0.4, 0.5) is 0 Å². The molecule has 2 aromatic rings. The van der Waals surface area contributed by atoms with Gasteiger partial charge in [0, 0.05) is 0 Å². The fraction of sp³-hybridized carbons (Fsp3) is 0.167. The van der Waals surface area contributed by atoms with Gasteiger partial charge >= 0.3 is 201 Å². The van der Waals surface area contributed by atoms with Gasteiger partial charge in [0.15, 0.2) is 0 Å². The molecule has 0 spiro atoms. The van der Waals surface area contributed by atoms with E-state index in [9.17, 15) is 16.8 Å². The van der Waals surface area contributed by atoms with E-state index in [1.807, 2.05) is 24.3 Å². The van der Waals surface area contributed by atoms with Crippen LogP contribution in [0.2, 0.25) is 0 Å². The Bertz CT molecular complexity index is 1270. The van der Waals surface area contributed by atoms with E-state index < -0.39 is 40.8 Å². The third-order valence-corrected chi connectivity index (χ3v) is 16.2. The van der Waals surface area contributed by atoms with E-state index in [0.29, 0.717) is 24.3 Å². The molecule has 0 fully saturated rings. The van der Waals surface area contributed by atoms with E-state index in [1.54, 1.807) is 24.3 Å². The van der Waals surface area contributed by atoms with Crippen molar-refractivity contribution in [2.24, 2.45) is 0 Å². The Balaban J connectivity index is 1.76. The van der Waals surface area contributed by atoms with E-state index in [1.165, 1.54) is 36.8 Å². The van der Waals surface area contributed by atoms with Gasteiger partial charge in [-0.05, 0) is 0 Å². The topological polar surface area (TPSA) is 86.7 Å². The summed E-state index contributed by atoms with van der Waals surface area (Å²) >= 11 is -4.24. The van der Waals surface area contributed by atoms with Crippen molar-refractivity contribution in [3.05, 3.63) is 91.5 Å². The Hall–Kier alpha value is -2.22. The summed E-state index contributed by atoms with van der Waals surface area (Å²) < 4.78 is 63.0. The van der Waals surface area contributed by atoms with Gasteiger partial charge in [-0.3, -0.25) is 0 Å². The summed E-state index contributed by atoms with van der Waals surface area (Å²) in [6.45, 7) is 0. The molecule has 33 heavy (non-hydrogen) atoms. The first-order chi connectivity index (χ1) is 15.6. The second kappa shape index (κ2) is 9.20. The number of rotatable bonds is 8. The summed E-state index contributed by atoms with van der Waals surface area (Å²) in [5.41, 5.74) is 0. The normalized spacial score (nSPS) is 15.9. The molecule has 2 aliphatic carbocycles. The van der Waals surface area contributed by atoms with Crippen molar-refractivity contribution in [3.8, 4) is 11.5 Å². The van der Waals surface area contributed by atoms with Crippen LogP contribution in [0.5, 0.6) is 11.5 Å². The van der Waals surface area contributed by atoms with Crippen LogP contribution in [0.1, 0.15) is 12.8 Å². The molecule has 0 radical (unpaired) electrons. The van der Waals surface area contributed by atoms with E-state index >= 15 is 0 Å². The van der Waals surface area contributed by atoms with Crippen molar-refractivity contribution in [2.75, 3.05) is 12.5 Å². The molecule has 172 valence electrons. The van der Waals surface area contributed by atoms with Crippen molar-refractivity contribution in [2.45, 2.75) is 22.6 Å². The van der Waals surface area contributed by atoms with E-state index in [2.05, 4.69) is 12.2 Å². The Kier molecular flexibility index (Phi) is 6.67. The van der Waals surface area contributed by atoms with Gasteiger partial charge in [-0.15, -0.1) is 0 Å². The fourth-order valence-corrected chi connectivity index (χ4v) is 13.1. The third-order valence-electron chi connectivity index (χ3n) is 5.41. The molecule has 0 saturated heterocycles. The van der Waals surface area contributed by atoms with Crippen LogP contribution in [-0.4, -0.2) is 29.3 Å². The molecule has 0 atom stereocenters. The molecular weight excluding hydrogens is 540 g/mol. The third kappa shape index (κ3) is 5.31. The second-order valence-electron chi connectivity index (χ2n) is 7.96. The van der Waals surface area contributed by atoms with Crippen LogP contribution in [0.3, 0.4) is 0 Å². The van der Waals surface area contributed by atoms with E-state index in [-0.39, 0.29) is 9.79 Å². The Morgan fingerprint density at radius 3 is 1.27 bits per heavy atom. The summed E-state index contributed by atoms with van der Waals surface area (Å²) in [6, 6.07) is 12.8. The van der Waals surface area contributed by atoms with Gasteiger partial charge in [-0.2, -0.15) is 0 Å². The summed E-state index contributed by atoms with van der Waals surface area (Å²) in [7, 11) is -6.64. The molecular formula is C24H24O6S2Zr. The average molecular weight is 564 g/mol. The molecule has 2 aromatic carbocycles. The zero-order valence-electron chi connectivity index (χ0n) is 18.3. The molecule has 6 nitrogen and oxygen atoms in total. The summed E-state index contributed by atoms with van der Waals surface area (Å²) in [4.78, 5) is 0.438. The van der Waals surface area contributed by atoms with Crippen molar-refractivity contribution < 1.29 is 43.6 Å². The van der Waals surface area contributed by atoms with Crippen molar-refractivity contribution in [3.63, 3.8) is 0 Å². The van der Waals surface area contributed by atoms with Crippen molar-refractivity contribution >= 4 is 19.7 Å². The van der Waals surface area contributed by atoms with Crippen LogP contribution in [0.15, 0.2) is 101 Å². The van der Waals surface area contributed by atoms with Crippen LogP contribution in [-0.2, 0) is 40.8 Å². The molecule has 0 aliphatic heterocycles. The Morgan fingerprint density at radius 2 is 1.00 bits per heavy atom. The molecule has 0 heterocycles. The van der Waals surface area contributed by atoms with Gasteiger partial charge in [0.2, 0.25) is 0 Å². The molecule has 0 bridgehead atoms. The van der Waals surface area contributed by atoms with E-state index in [0.717, 1.165) is 6.56 Å². The van der Waals surface area contributed by atoms with Gasteiger partial charge in [0.1, 0.15) is 0 Å². The molecule has 0 aromatic heterocycles. The number of benzene rings is 2. The molecule has 0 unspecified atom stereocenters. The first kappa shape index (κ1) is 23.9. The average Bonchev–Trinajstić information content (AvgIpc) is 3.47. The van der Waals surface area contributed by atoms with Crippen LogP contribution in [0.25, 0.3) is 0 Å². The van der Waals surface area contributed by atoms with Crippen molar-refractivity contribution in [1.29, 1.82) is 0 Å². The molecule has 0 amide bonds. The quantitative estimate of drug-likeness (QED) is 0.466. The van der Waals surface area contributed by atoms with Gasteiger partial charge in [0.25, 0.3) is 0 Å². The van der Waals surface area contributed by atoms with Crippen LogP contribution < -0.4 is 5.63 Å². The predicted octanol–water partition coefficient (Wildman–Crippen LogP) is 4.62. The molecule has 0 N–H and O–H groups in total. The maximum absolute atomic E-state index is 11.9. The summed E-state index contributed by atoms with van der Waals surface area (Å²) in [6.07, 6.45) is 15.9. The van der Waals surface area contributed by atoms with Gasteiger partial charge < -0.3 is 0 Å². The van der Waals surface area contributed by atoms with Crippen LogP contribution >= 0.6 is 0 Å². The molecule has 9 heteroatoms. The Labute approximate surface area is 200 Å². The fourth-order valence-electron chi connectivity index (χ4n) is 3.71. The first-order valence-corrected chi connectivity index (χ1v) is 18.5. The number of hydrogen-bond acceptors (Lipinski definition) is 6. The van der Waals surface area contributed by atoms with Gasteiger partial charge in [-0.1, -0.05) is 0 Å². The minimum absolute atomic E-state index is 0.219. The van der Waals surface area contributed by atoms with Gasteiger partial charge in [0.05, 0.1) is 0 Å². The first-order valence-electron chi connectivity index (χ1n) is 10.3. The monoisotopic (exact) mass is 562 g/mol. The van der Waals surface area contributed by atoms with Crippen molar-refractivity contribution in [1.82, 2.24) is 0 Å². The molecule has 4 rings (SSSR count). The number of sulfone groups is 2. The zero-order chi connectivity index (χ0) is 23.7. The van der Waals surface area contributed by atoms with Crippen LogP contribution in [0, 0.1) is 0 Å². The number of allylic oxidation sites excluding steroid dienone is 8. The van der Waals surface area contributed by atoms with E-state index in [4.69, 9.17) is 5.63 Å². The SMILES string of the molecule is CS(=O)(=O)c1ccc([O][Zr]([O]c2ccc(S(C)(=O)=O)cc2)([C]2=CC=CC2)[C]2=CC=CC2)cc1. The minimum atomic E-state index is -4.24. The number of hydrogen-bond donors (Lipinski definition) is 0. The molecule has 2 aliphatic rings. The predicted molar refractivity (Wildman–Crippen MR) is 124 cm³/mol.